The molecule has 0 saturated heterocycles. The molecule has 1 aliphatic heterocycles. The normalized spacial score (nSPS) is 18.3. The third kappa shape index (κ3) is 3.09. The highest BCUT2D eigenvalue weighted by atomic mass is 35.5. The fourth-order valence-corrected chi connectivity index (χ4v) is 2.73. The Balaban J connectivity index is 2.61. The summed E-state index contributed by atoms with van der Waals surface area (Å²) in [5.41, 5.74) is 0.310. The number of alkyl halides is 3. The first kappa shape index (κ1) is 16.7. The zero-order valence-electron chi connectivity index (χ0n) is 12.4. The van der Waals surface area contributed by atoms with Crippen LogP contribution in [0.2, 0.25) is 5.02 Å². The third-order valence-corrected chi connectivity index (χ3v) is 3.69. The van der Waals surface area contributed by atoms with Gasteiger partial charge in [0.15, 0.2) is 0 Å². The van der Waals surface area contributed by atoms with Crippen LogP contribution in [0.5, 0.6) is 5.75 Å². The number of halogens is 4. The Morgan fingerprint density at radius 3 is 2.32 bits per heavy atom. The van der Waals surface area contributed by atoms with Crippen LogP contribution in [-0.2, 0) is 5.41 Å². The van der Waals surface area contributed by atoms with E-state index in [2.05, 4.69) is 6.58 Å². The van der Waals surface area contributed by atoms with E-state index in [-0.39, 0.29) is 11.2 Å². The van der Waals surface area contributed by atoms with E-state index in [1.54, 1.807) is 0 Å². The summed E-state index contributed by atoms with van der Waals surface area (Å²) in [6.45, 7) is 8.88. The second kappa shape index (κ2) is 5.23. The summed E-state index contributed by atoms with van der Waals surface area (Å²) in [4.78, 5) is 0. The number of aliphatic hydroxyl groups excluding tert-OH is 1. The van der Waals surface area contributed by atoms with Gasteiger partial charge in [0.25, 0.3) is 0 Å². The first-order valence-electron chi connectivity index (χ1n) is 6.58. The molecule has 0 saturated carbocycles. The molecule has 1 heterocycles. The molecule has 6 heteroatoms. The van der Waals surface area contributed by atoms with Crippen LogP contribution < -0.4 is 4.74 Å². The van der Waals surface area contributed by atoms with Gasteiger partial charge in [-0.2, -0.15) is 13.2 Å². The summed E-state index contributed by atoms with van der Waals surface area (Å²) >= 11 is 6.21. The molecule has 1 N–H and O–H groups in total. The quantitative estimate of drug-likeness (QED) is 0.696. The van der Waals surface area contributed by atoms with Gasteiger partial charge in [-0.15, -0.1) is 0 Å². The highest BCUT2D eigenvalue weighted by Gasteiger charge is 2.47. The second-order valence-electron chi connectivity index (χ2n) is 6.21. The van der Waals surface area contributed by atoms with Gasteiger partial charge >= 0.3 is 6.18 Å². The van der Waals surface area contributed by atoms with Crippen molar-refractivity contribution in [2.24, 2.45) is 0 Å². The molecule has 1 aromatic rings. The van der Waals surface area contributed by atoms with E-state index in [0.29, 0.717) is 16.1 Å². The van der Waals surface area contributed by atoms with Crippen molar-refractivity contribution in [3.63, 3.8) is 0 Å². The summed E-state index contributed by atoms with van der Waals surface area (Å²) in [7, 11) is 0. The lowest BCUT2D eigenvalue weighted by atomic mass is 9.85. The van der Waals surface area contributed by atoms with Crippen LogP contribution in [0, 0.1) is 0 Å². The van der Waals surface area contributed by atoms with Gasteiger partial charge in [0, 0.05) is 16.2 Å². The maximum atomic E-state index is 13.1. The van der Waals surface area contributed by atoms with Gasteiger partial charge in [-0.05, 0) is 29.2 Å². The van der Waals surface area contributed by atoms with Crippen LogP contribution in [-0.4, -0.2) is 17.4 Å². The molecule has 1 aromatic carbocycles. The van der Waals surface area contributed by atoms with E-state index in [1.165, 1.54) is 18.2 Å². The molecule has 0 bridgehead atoms. The predicted octanol–water partition coefficient (Wildman–Crippen LogP) is 5.42. The predicted molar refractivity (Wildman–Crippen MR) is 80.4 cm³/mol. The van der Waals surface area contributed by atoms with Crippen molar-refractivity contribution in [3.8, 4) is 5.75 Å². The molecule has 0 aromatic heterocycles. The number of hydrogen-bond donors (Lipinski definition) is 1. The van der Waals surface area contributed by atoms with Crippen LogP contribution in [0.15, 0.2) is 30.0 Å². The van der Waals surface area contributed by atoms with E-state index in [9.17, 15) is 18.3 Å². The van der Waals surface area contributed by atoms with E-state index in [4.69, 9.17) is 16.3 Å². The van der Waals surface area contributed by atoms with Crippen LogP contribution in [0.1, 0.15) is 31.9 Å². The van der Waals surface area contributed by atoms with E-state index in [1.807, 2.05) is 20.8 Å². The van der Waals surface area contributed by atoms with Gasteiger partial charge < -0.3 is 9.84 Å². The Bertz CT molecular complexity index is 655. The molecule has 120 valence electrons. The minimum Gasteiger partial charge on any atom is -0.508 e. The van der Waals surface area contributed by atoms with Crippen LogP contribution >= 0.6 is 11.6 Å². The number of benzene rings is 1. The molecule has 0 amide bonds. The first-order chi connectivity index (χ1) is 9.91. The summed E-state index contributed by atoms with van der Waals surface area (Å²) < 4.78 is 44.4. The Kier molecular flexibility index (Phi) is 3.98. The van der Waals surface area contributed by atoms with E-state index < -0.39 is 23.6 Å². The number of rotatable bonds is 1. The van der Waals surface area contributed by atoms with Gasteiger partial charge in [0.2, 0.25) is 6.10 Å². The number of fused-ring (bicyclic) bond motifs is 1. The van der Waals surface area contributed by atoms with Crippen molar-refractivity contribution >= 4 is 17.7 Å². The molecule has 0 aliphatic carbocycles. The van der Waals surface area contributed by atoms with Crippen molar-refractivity contribution in [2.75, 3.05) is 0 Å². The molecule has 0 unspecified atom stereocenters. The zero-order chi connectivity index (χ0) is 16.9. The first-order valence-corrected chi connectivity index (χ1v) is 6.96. The molecule has 2 nitrogen and oxygen atoms in total. The highest BCUT2D eigenvalue weighted by Crippen LogP contribution is 2.42. The third-order valence-electron chi connectivity index (χ3n) is 3.38. The Hall–Kier alpha value is -1.62. The lowest BCUT2D eigenvalue weighted by Crippen LogP contribution is -2.38. The number of aliphatic hydroxyl groups is 1. The van der Waals surface area contributed by atoms with Crippen LogP contribution in [0.4, 0.5) is 13.2 Å². The fourth-order valence-electron chi connectivity index (χ4n) is 2.27. The van der Waals surface area contributed by atoms with Crippen molar-refractivity contribution in [1.82, 2.24) is 0 Å². The van der Waals surface area contributed by atoms with E-state index >= 15 is 0 Å². The minimum atomic E-state index is -4.66. The monoisotopic (exact) mass is 332 g/mol. The lowest BCUT2D eigenvalue weighted by Gasteiger charge is -2.30. The van der Waals surface area contributed by atoms with E-state index in [0.717, 1.165) is 0 Å². The second-order valence-corrected chi connectivity index (χ2v) is 6.61. The Morgan fingerprint density at radius 2 is 1.86 bits per heavy atom. The molecule has 22 heavy (non-hydrogen) atoms. The van der Waals surface area contributed by atoms with Gasteiger partial charge in [-0.25, -0.2) is 0 Å². The van der Waals surface area contributed by atoms with Gasteiger partial charge in [-0.1, -0.05) is 39.0 Å². The average Bonchev–Trinajstić information content (AvgIpc) is 2.33. The fraction of sp³-hybridized carbons (Fsp3) is 0.375. The number of ether oxygens (including phenoxy) is 1. The van der Waals surface area contributed by atoms with Crippen molar-refractivity contribution < 1.29 is 23.0 Å². The van der Waals surface area contributed by atoms with Crippen molar-refractivity contribution in [2.45, 2.75) is 38.5 Å². The van der Waals surface area contributed by atoms with Crippen LogP contribution in [0.25, 0.3) is 6.08 Å². The van der Waals surface area contributed by atoms with Crippen molar-refractivity contribution in [3.05, 3.63) is 46.2 Å². The molecule has 0 radical (unpaired) electrons. The average molecular weight is 333 g/mol. The summed E-state index contributed by atoms with van der Waals surface area (Å²) in [5.74, 6) is -0.592. The minimum absolute atomic E-state index is 0.0849. The summed E-state index contributed by atoms with van der Waals surface area (Å²) in [5, 5.41) is 9.84. The molecule has 0 fully saturated rings. The van der Waals surface area contributed by atoms with Crippen molar-refractivity contribution in [1.29, 1.82) is 0 Å². The van der Waals surface area contributed by atoms with Gasteiger partial charge in [0.05, 0.1) is 0 Å². The topological polar surface area (TPSA) is 29.5 Å². The lowest BCUT2D eigenvalue weighted by molar-refractivity contribution is -0.183. The highest BCUT2D eigenvalue weighted by molar-refractivity contribution is 6.31. The largest absolute Gasteiger partial charge is 0.508 e. The Morgan fingerprint density at radius 1 is 1.27 bits per heavy atom. The van der Waals surface area contributed by atoms with Crippen LogP contribution in [0.3, 0.4) is 0 Å². The zero-order valence-corrected chi connectivity index (χ0v) is 13.1. The maximum Gasteiger partial charge on any atom is 0.429 e. The maximum absolute atomic E-state index is 13.1. The Labute approximate surface area is 131 Å². The molecule has 2 rings (SSSR count). The molecular formula is C16H16ClF3O2. The standard InChI is InChI=1S/C16H16ClF3O2/c1-8(21)10-5-9-6-12(17)11(15(2,3)4)7-13(9)22-14(10)16(18,19)20/h5-7,14,21H,1H2,2-4H3/t14-/m0/s1. The van der Waals surface area contributed by atoms with Gasteiger partial charge in [-0.3, -0.25) is 0 Å². The smallest absolute Gasteiger partial charge is 0.429 e. The summed E-state index contributed by atoms with van der Waals surface area (Å²) in [6, 6.07) is 3.05. The molecular weight excluding hydrogens is 317 g/mol. The molecule has 0 spiro atoms. The summed E-state index contributed by atoms with van der Waals surface area (Å²) in [6.07, 6.45) is -5.69. The van der Waals surface area contributed by atoms with Gasteiger partial charge in [0.1, 0.15) is 11.5 Å². The molecule has 1 atom stereocenters. The number of hydrogen-bond acceptors (Lipinski definition) is 2. The SMILES string of the molecule is C=C(O)C1=Cc2cc(Cl)c(C(C)(C)C)cc2O[C@@H]1C(F)(F)F. The molecule has 1 aliphatic rings.